The molecule has 3 heteroatoms. The van der Waals surface area contributed by atoms with E-state index in [2.05, 4.69) is 10.3 Å². The molecule has 1 saturated carbocycles. The Morgan fingerprint density at radius 2 is 2.31 bits per heavy atom. The van der Waals surface area contributed by atoms with E-state index in [1.165, 1.54) is 19.0 Å². The lowest BCUT2D eigenvalue weighted by Crippen LogP contribution is -2.19. The third-order valence-electron chi connectivity index (χ3n) is 2.19. The van der Waals surface area contributed by atoms with Gasteiger partial charge in [-0.05, 0) is 37.4 Å². The highest BCUT2D eigenvalue weighted by molar-refractivity contribution is 5.10. The number of hydrogen-bond donors (Lipinski definition) is 1. The summed E-state index contributed by atoms with van der Waals surface area (Å²) in [6, 6.07) is 2.27. The van der Waals surface area contributed by atoms with Gasteiger partial charge >= 0.3 is 0 Å². The Balaban J connectivity index is 1.79. The third kappa shape index (κ3) is 2.77. The molecule has 70 valence electrons. The van der Waals surface area contributed by atoms with Crippen LogP contribution in [-0.4, -0.2) is 17.6 Å². The van der Waals surface area contributed by atoms with Crippen LogP contribution in [0.4, 0.5) is 4.39 Å². The summed E-state index contributed by atoms with van der Waals surface area (Å²) in [5.41, 5.74) is 0.966. The smallest absolute Gasteiger partial charge is 0.141 e. The third-order valence-corrected chi connectivity index (χ3v) is 2.19. The van der Waals surface area contributed by atoms with E-state index in [0.717, 1.165) is 24.6 Å². The minimum Gasteiger partial charge on any atom is -0.314 e. The fraction of sp³-hybridized carbons (Fsp3) is 0.500. The van der Waals surface area contributed by atoms with E-state index in [9.17, 15) is 4.39 Å². The van der Waals surface area contributed by atoms with Crippen LogP contribution in [0.1, 0.15) is 18.4 Å². The Kier molecular flexibility index (Phi) is 2.54. The van der Waals surface area contributed by atoms with Crippen LogP contribution in [0.3, 0.4) is 0 Å². The van der Waals surface area contributed by atoms with Crippen molar-refractivity contribution in [3.63, 3.8) is 0 Å². The number of aromatic nitrogens is 1. The molecule has 2 rings (SSSR count). The number of rotatable bonds is 4. The minimum atomic E-state index is -0.246. The standard InChI is InChI=1S/C10H13FN2/c11-9-5-8(6-12-7-9)3-4-13-10-1-2-10/h5-7,10,13H,1-4H2. The van der Waals surface area contributed by atoms with Crippen LogP contribution in [0.5, 0.6) is 0 Å². The summed E-state index contributed by atoms with van der Waals surface area (Å²) < 4.78 is 12.7. The molecule has 0 saturated heterocycles. The lowest BCUT2D eigenvalue weighted by molar-refractivity contribution is 0.615. The first-order valence-corrected chi connectivity index (χ1v) is 4.67. The lowest BCUT2D eigenvalue weighted by atomic mass is 10.2. The predicted octanol–water partition coefficient (Wildman–Crippen LogP) is 1.52. The summed E-state index contributed by atoms with van der Waals surface area (Å²) in [6.45, 7) is 0.926. The predicted molar refractivity (Wildman–Crippen MR) is 48.9 cm³/mol. The van der Waals surface area contributed by atoms with Gasteiger partial charge in [0.05, 0.1) is 6.20 Å². The van der Waals surface area contributed by atoms with E-state index in [1.807, 2.05) is 0 Å². The van der Waals surface area contributed by atoms with Gasteiger partial charge in [-0.25, -0.2) is 4.39 Å². The van der Waals surface area contributed by atoms with Crippen LogP contribution in [-0.2, 0) is 6.42 Å². The Labute approximate surface area is 77.2 Å². The zero-order valence-corrected chi connectivity index (χ0v) is 7.46. The van der Waals surface area contributed by atoms with Crippen molar-refractivity contribution in [3.8, 4) is 0 Å². The quantitative estimate of drug-likeness (QED) is 0.759. The second-order valence-corrected chi connectivity index (χ2v) is 3.49. The maximum atomic E-state index is 12.7. The van der Waals surface area contributed by atoms with E-state index in [4.69, 9.17) is 0 Å². The maximum Gasteiger partial charge on any atom is 0.141 e. The maximum absolute atomic E-state index is 12.7. The molecule has 0 bridgehead atoms. The summed E-state index contributed by atoms with van der Waals surface area (Å²) in [5.74, 6) is -0.246. The molecule has 0 radical (unpaired) electrons. The number of pyridine rings is 1. The molecule has 2 nitrogen and oxygen atoms in total. The van der Waals surface area contributed by atoms with Gasteiger partial charge < -0.3 is 5.32 Å². The van der Waals surface area contributed by atoms with Crippen LogP contribution >= 0.6 is 0 Å². The highest BCUT2D eigenvalue weighted by atomic mass is 19.1. The van der Waals surface area contributed by atoms with Crippen molar-refractivity contribution in [1.82, 2.24) is 10.3 Å². The molecule has 1 N–H and O–H groups in total. The van der Waals surface area contributed by atoms with Crippen molar-refractivity contribution in [1.29, 1.82) is 0 Å². The first-order valence-electron chi connectivity index (χ1n) is 4.67. The lowest BCUT2D eigenvalue weighted by Gasteiger charge is -2.02. The van der Waals surface area contributed by atoms with Crippen LogP contribution < -0.4 is 5.32 Å². The van der Waals surface area contributed by atoms with Crippen LogP contribution in [0, 0.1) is 5.82 Å². The van der Waals surface area contributed by atoms with Crippen molar-refractivity contribution in [2.75, 3.05) is 6.54 Å². The summed E-state index contributed by atoms with van der Waals surface area (Å²) in [6.07, 6.45) is 6.40. The first kappa shape index (κ1) is 8.63. The Bertz CT molecular complexity index is 284. The largest absolute Gasteiger partial charge is 0.314 e. The highest BCUT2D eigenvalue weighted by Crippen LogP contribution is 2.18. The van der Waals surface area contributed by atoms with Crippen molar-refractivity contribution >= 4 is 0 Å². The SMILES string of the molecule is Fc1cncc(CCNC2CC2)c1. The fourth-order valence-corrected chi connectivity index (χ4v) is 1.30. The average molecular weight is 180 g/mol. The molecule has 13 heavy (non-hydrogen) atoms. The average Bonchev–Trinajstić information content (AvgIpc) is 2.88. The van der Waals surface area contributed by atoms with Crippen LogP contribution in [0.2, 0.25) is 0 Å². The molecule has 0 atom stereocenters. The summed E-state index contributed by atoms with van der Waals surface area (Å²) >= 11 is 0. The number of nitrogens with one attached hydrogen (secondary N) is 1. The van der Waals surface area contributed by atoms with E-state index in [-0.39, 0.29) is 5.82 Å². The molecular formula is C10H13FN2. The fourth-order valence-electron chi connectivity index (χ4n) is 1.30. The van der Waals surface area contributed by atoms with Gasteiger partial charge in [-0.1, -0.05) is 0 Å². The second kappa shape index (κ2) is 3.83. The number of nitrogens with zero attached hydrogens (tertiary/aromatic N) is 1. The van der Waals surface area contributed by atoms with Gasteiger partial charge in [0.2, 0.25) is 0 Å². The summed E-state index contributed by atoms with van der Waals surface area (Å²) in [5, 5.41) is 3.37. The summed E-state index contributed by atoms with van der Waals surface area (Å²) in [7, 11) is 0. The normalized spacial score (nSPS) is 16.1. The van der Waals surface area contributed by atoms with Gasteiger partial charge in [0.15, 0.2) is 0 Å². The molecule has 0 spiro atoms. The molecule has 0 amide bonds. The molecule has 0 unspecified atom stereocenters. The number of halogens is 1. The molecule has 1 aliphatic rings. The number of hydrogen-bond acceptors (Lipinski definition) is 2. The highest BCUT2D eigenvalue weighted by Gasteiger charge is 2.19. The van der Waals surface area contributed by atoms with E-state index in [1.54, 1.807) is 12.3 Å². The molecule has 1 heterocycles. The zero-order valence-electron chi connectivity index (χ0n) is 7.46. The zero-order chi connectivity index (χ0) is 9.10. The van der Waals surface area contributed by atoms with Gasteiger partial charge in [0.25, 0.3) is 0 Å². The molecule has 0 aromatic carbocycles. The Morgan fingerprint density at radius 3 is 3.00 bits per heavy atom. The molecule has 1 fully saturated rings. The Morgan fingerprint density at radius 1 is 1.46 bits per heavy atom. The van der Waals surface area contributed by atoms with E-state index in [0.29, 0.717) is 0 Å². The van der Waals surface area contributed by atoms with Gasteiger partial charge in [-0.2, -0.15) is 0 Å². The molecule has 1 aromatic heterocycles. The van der Waals surface area contributed by atoms with Gasteiger partial charge in [0, 0.05) is 12.2 Å². The van der Waals surface area contributed by atoms with Gasteiger partial charge in [0.1, 0.15) is 5.82 Å². The van der Waals surface area contributed by atoms with Crippen LogP contribution in [0.15, 0.2) is 18.5 Å². The van der Waals surface area contributed by atoms with Crippen molar-refractivity contribution in [2.45, 2.75) is 25.3 Å². The monoisotopic (exact) mass is 180 g/mol. The van der Waals surface area contributed by atoms with E-state index < -0.39 is 0 Å². The Hall–Kier alpha value is -0.960. The van der Waals surface area contributed by atoms with Crippen molar-refractivity contribution in [2.24, 2.45) is 0 Å². The van der Waals surface area contributed by atoms with Gasteiger partial charge in [-0.15, -0.1) is 0 Å². The molecular weight excluding hydrogens is 167 g/mol. The second-order valence-electron chi connectivity index (χ2n) is 3.49. The molecule has 1 aromatic rings. The minimum absolute atomic E-state index is 0.246. The van der Waals surface area contributed by atoms with E-state index >= 15 is 0 Å². The molecule has 1 aliphatic carbocycles. The van der Waals surface area contributed by atoms with Crippen molar-refractivity contribution < 1.29 is 4.39 Å². The first-order chi connectivity index (χ1) is 6.34. The van der Waals surface area contributed by atoms with Crippen molar-refractivity contribution in [3.05, 3.63) is 29.8 Å². The topological polar surface area (TPSA) is 24.9 Å². The van der Waals surface area contributed by atoms with Crippen LogP contribution in [0.25, 0.3) is 0 Å². The summed E-state index contributed by atoms with van der Waals surface area (Å²) in [4.78, 5) is 3.79. The van der Waals surface area contributed by atoms with Gasteiger partial charge in [-0.3, -0.25) is 4.98 Å². The molecule has 0 aliphatic heterocycles.